The Hall–Kier alpha value is -0.854. The average Bonchev–Trinajstić information content (AvgIpc) is 2.64. The predicted octanol–water partition coefficient (Wildman–Crippen LogP) is 5.84. The molecule has 0 fully saturated rings. The molecule has 0 heterocycles. The third-order valence-electron chi connectivity index (χ3n) is 4.08. The maximum absolute atomic E-state index is 11.3. The number of para-hydroxylation sites is 1. The van der Waals surface area contributed by atoms with Crippen LogP contribution in [0.5, 0.6) is 0 Å². The first-order valence-corrected chi connectivity index (χ1v) is 8.91. The number of halogens is 2. The molecule has 1 radical (unpaired) electrons. The fourth-order valence-corrected chi connectivity index (χ4v) is 2.99. The second-order valence-corrected chi connectivity index (χ2v) is 6.74. The molecule has 0 aliphatic heterocycles. The van der Waals surface area contributed by atoms with E-state index in [1.807, 2.05) is 42.5 Å². The van der Waals surface area contributed by atoms with Gasteiger partial charge in [-0.2, -0.15) is 0 Å². The Morgan fingerprint density at radius 3 is 2.15 bits per heavy atom. The zero-order valence-electron chi connectivity index (χ0n) is 14.9. The molecule has 3 aromatic carbocycles. The molecule has 0 aliphatic rings. The Morgan fingerprint density at radius 1 is 0.852 bits per heavy atom. The standard InChI is InChI=1S/C21H17Cl2NO2.K/c22-18-12-9-15(13-19(18)23)6-5-14-7-10-16(11-8-14)24-20-4-2-1-3-17(20)21(25)26;/h1-4,7-13,24H,5-6H2,(H,25,26);. The number of carboxylic acids is 1. The molecule has 3 aromatic rings. The summed E-state index contributed by atoms with van der Waals surface area (Å²) in [7, 11) is 0. The molecule has 27 heavy (non-hydrogen) atoms. The molecule has 0 aliphatic carbocycles. The summed E-state index contributed by atoms with van der Waals surface area (Å²) >= 11 is 12.0. The number of carboxylic acid groups (broad SMARTS) is 1. The van der Waals surface area contributed by atoms with E-state index in [0.29, 0.717) is 15.7 Å². The van der Waals surface area contributed by atoms with Gasteiger partial charge in [0.2, 0.25) is 0 Å². The second-order valence-electron chi connectivity index (χ2n) is 5.92. The van der Waals surface area contributed by atoms with Crippen LogP contribution < -0.4 is 5.32 Å². The number of nitrogens with one attached hydrogen (secondary N) is 1. The fraction of sp³-hybridized carbons (Fsp3) is 0.0952. The molecule has 0 saturated carbocycles. The Balaban J connectivity index is 0.00000261. The van der Waals surface area contributed by atoms with Crippen LogP contribution in [-0.2, 0) is 12.8 Å². The largest absolute Gasteiger partial charge is 0.478 e. The van der Waals surface area contributed by atoms with Crippen LogP contribution in [0.4, 0.5) is 11.4 Å². The molecule has 3 rings (SSSR count). The van der Waals surface area contributed by atoms with E-state index in [1.54, 1.807) is 24.3 Å². The monoisotopic (exact) mass is 424 g/mol. The molecule has 0 aromatic heterocycles. The Bertz CT molecular complexity index is 930. The number of benzene rings is 3. The predicted molar refractivity (Wildman–Crippen MR) is 113 cm³/mol. The van der Waals surface area contributed by atoms with Gasteiger partial charge in [-0.15, -0.1) is 0 Å². The zero-order valence-corrected chi connectivity index (χ0v) is 19.5. The van der Waals surface area contributed by atoms with Crippen LogP contribution in [-0.4, -0.2) is 62.5 Å². The van der Waals surface area contributed by atoms with Crippen LogP contribution in [0.1, 0.15) is 21.5 Å². The van der Waals surface area contributed by atoms with Gasteiger partial charge in [-0.25, -0.2) is 4.79 Å². The van der Waals surface area contributed by atoms with Gasteiger partial charge in [-0.1, -0.05) is 53.5 Å². The quantitative estimate of drug-likeness (QED) is 0.488. The molecule has 0 atom stereocenters. The molecule has 2 N–H and O–H groups in total. The SMILES string of the molecule is O=C(O)c1ccccc1Nc1ccc(CCc2ccc(Cl)c(Cl)c2)cc1.[K]. The van der Waals surface area contributed by atoms with E-state index in [4.69, 9.17) is 23.2 Å². The van der Waals surface area contributed by atoms with Crippen LogP contribution in [0.2, 0.25) is 10.0 Å². The molecule has 0 unspecified atom stereocenters. The summed E-state index contributed by atoms with van der Waals surface area (Å²) in [5.74, 6) is -0.952. The van der Waals surface area contributed by atoms with Crippen molar-refractivity contribution in [1.82, 2.24) is 0 Å². The van der Waals surface area contributed by atoms with Crippen LogP contribution >= 0.6 is 23.2 Å². The zero-order chi connectivity index (χ0) is 18.5. The Morgan fingerprint density at radius 2 is 1.48 bits per heavy atom. The molecular formula is C21H17Cl2KNO2. The van der Waals surface area contributed by atoms with Gasteiger partial charge in [0, 0.05) is 57.1 Å². The van der Waals surface area contributed by atoms with Crippen molar-refractivity contribution in [2.75, 3.05) is 5.32 Å². The number of anilines is 2. The van der Waals surface area contributed by atoms with Crippen molar-refractivity contribution in [1.29, 1.82) is 0 Å². The summed E-state index contributed by atoms with van der Waals surface area (Å²) in [6.45, 7) is 0. The summed E-state index contributed by atoms with van der Waals surface area (Å²) in [5.41, 5.74) is 3.99. The maximum atomic E-state index is 11.3. The smallest absolute Gasteiger partial charge is 0.337 e. The average molecular weight is 425 g/mol. The second kappa shape index (κ2) is 10.6. The van der Waals surface area contributed by atoms with E-state index in [1.165, 1.54) is 5.56 Å². The van der Waals surface area contributed by atoms with Crippen LogP contribution in [0, 0.1) is 0 Å². The Labute approximate surface area is 211 Å². The summed E-state index contributed by atoms with van der Waals surface area (Å²) in [6.07, 6.45) is 1.75. The van der Waals surface area contributed by atoms with Crippen LogP contribution in [0.3, 0.4) is 0 Å². The number of hydrogen-bond donors (Lipinski definition) is 2. The Kier molecular flexibility index (Phi) is 8.83. The van der Waals surface area contributed by atoms with Crippen molar-refractivity contribution in [2.24, 2.45) is 0 Å². The summed E-state index contributed by atoms with van der Waals surface area (Å²) in [4.78, 5) is 11.3. The van der Waals surface area contributed by atoms with Gasteiger partial charge >= 0.3 is 5.97 Å². The fourth-order valence-electron chi connectivity index (χ4n) is 2.67. The number of aryl methyl sites for hydroxylation is 2. The van der Waals surface area contributed by atoms with E-state index < -0.39 is 5.97 Å². The van der Waals surface area contributed by atoms with Gasteiger partial charge in [0.25, 0.3) is 0 Å². The number of aromatic carboxylic acids is 1. The third-order valence-corrected chi connectivity index (χ3v) is 4.82. The minimum Gasteiger partial charge on any atom is -0.478 e. The molecule has 6 heteroatoms. The van der Waals surface area contributed by atoms with Crippen LogP contribution in [0.15, 0.2) is 66.7 Å². The van der Waals surface area contributed by atoms with Crippen molar-refractivity contribution < 1.29 is 9.90 Å². The van der Waals surface area contributed by atoms with Gasteiger partial charge in [-0.05, 0) is 60.4 Å². The number of hydrogen-bond acceptors (Lipinski definition) is 2. The van der Waals surface area contributed by atoms with E-state index in [9.17, 15) is 9.90 Å². The first-order chi connectivity index (χ1) is 12.5. The normalized spacial score (nSPS) is 10.1. The third kappa shape index (κ3) is 6.33. The topological polar surface area (TPSA) is 49.3 Å². The molecule has 0 saturated heterocycles. The molecular weight excluding hydrogens is 408 g/mol. The first-order valence-electron chi connectivity index (χ1n) is 8.15. The van der Waals surface area contributed by atoms with Crippen molar-refractivity contribution in [3.8, 4) is 0 Å². The van der Waals surface area contributed by atoms with Crippen molar-refractivity contribution in [3.63, 3.8) is 0 Å². The minimum absolute atomic E-state index is 0. The van der Waals surface area contributed by atoms with Gasteiger partial charge in [-0.3, -0.25) is 0 Å². The maximum Gasteiger partial charge on any atom is 0.337 e. The minimum atomic E-state index is -0.952. The van der Waals surface area contributed by atoms with Gasteiger partial charge in [0.15, 0.2) is 0 Å². The molecule has 0 amide bonds. The molecule has 0 spiro atoms. The van der Waals surface area contributed by atoms with Gasteiger partial charge in [0.1, 0.15) is 0 Å². The summed E-state index contributed by atoms with van der Waals surface area (Å²) in [6, 6.07) is 20.5. The van der Waals surface area contributed by atoms with E-state index in [2.05, 4.69) is 5.32 Å². The molecule has 0 bridgehead atoms. The van der Waals surface area contributed by atoms with E-state index >= 15 is 0 Å². The molecule has 133 valence electrons. The van der Waals surface area contributed by atoms with E-state index in [0.717, 1.165) is 24.1 Å². The van der Waals surface area contributed by atoms with Crippen molar-refractivity contribution in [2.45, 2.75) is 12.8 Å². The van der Waals surface area contributed by atoms with Crippen molar-refractivity contribution >= 4 is 91.9 Å². The summed E-state index contributed by atoms with van der Waals surface area (Å²) in [5, 5.41) is 13.5. The number of rotatable bonds is 6. The summed E-state index contributed by atoms with van der Waals surface area (Å²) < 4.78 is 0. The van der Waals surface area contributed by atoms with Crippen LogP contribution in [0.25, 0.3) is 0 Å². The van der Waals surface area contributed by atoms with Gasteiger partial charge < -0.3 is 10.4 Å². The van der Waals surface area contributed by atoms with Crippen molar-refractivity contribution in [3.05, 3.63) is 93.5 Å². The first kappa shape index (κ1) is 22.4. The van der Waals surface area contributed by atoms with E-state index in [-0.39, 0.29) is 56.9 Å². The number of carbonyl (C=O) groups is 1. The van der Waals surface area contributed by atoms with Gasteiger partial charge in [0.05, 0.1) is 21.3 Å². The molecule has 3 nitrogen and oxygen atoms in total.